The van der Waals surface area contributed by atoms with Crippen LogP contribution in [0.2, 0.25) is 0 Å². The molecule has 1 aliphatic rings. The third kappa shape index (κ3) is 3.28. The van der Waals surface area contributed by atoms with Crippen molar-refractivity contribution >= 4 is 11.6 Å². The quantitative estimate of drug-likeness (QED) is 0.909. The van der Waals surface area contributed by atoms with Crippen LogP contribution >= 0.6 is 0 Å². The van der Waals surface area contributed by atoms with Gasteiger partial charge in [0, 0.05) is 38.9 Å². The highest BCUT2D eigenvalue weighted by Gasteiger charge is 2.19. The largest absolute Gasteiger partial charge is 0.382 e. The maximum atomic E-state index is 5.69. The van der Waals surface area contributed by atoms with Crippen molar-refractivity contribution < 1.29 is 0 Å². The molecule has 0 radical (unpaired) electrons. The van der Waals surface area contributed by atoms with Crippen molar-refractivity contribution in [1.29, 1.82) is 0 Å². The molecule has 0 amide bonds. The number of nitrogens with two attached hydrogens (primary N) is 1. The number of anilines is 2. The second kappa shape index (κ2) is 6.05. The van der Waals surface area contributed by atoms with Crippen molar-refractivity contribution in [1.82, 2.24) is 19.9 Å². The van der Waals surface area contributed by atoms with Crippen molar-refractivity contribution in [2.75, 3.05) is 36.8 Å². The Hall–Kier alpha value is -2.21. The Morgan fingerprint density at radius 2 is 2.00 bits per heavy atom. The average Bonchev–Trinajstić information content (AvgIpc) is 2.50. The fourth-order valence-electron chi connectivity index (χ4n) is 2.55. The van der Waals surface area contributed by atoms with E-state index >= 15 is 0 Å². The van der Waals surface area contributed by atoms with Crippen molar-refractivity contribution in [2.45, 2.75) is 13.5 Å². The number of hydrogen-bond donors (Lipinski definition) is 1. The summed E-state index contributed by atoms with van der Waals surface area (Å²) in [6.45, 7) is 6.87. The smallest absolute Gasteiger partial charge is 0.149 e. The molecule has 2 N–H and O–H groups in total. The van der Waals surface area contributed by atoms with Crippen LogP contribution < -0.4 is 10.6 Å². The summed E-state index contributed by atoms with van der Waals surface area (Å²) < 4.78 is 0. The molecule has 1 saturated heterocycles. The molecule has 1 aliphatic heterocycles. The van der Waals surface area contributed by atoms with E-state index in [9.17, 15) is 0 Å². The highest BCUT2D eigenvalue weighted by Crippen LogP contribution is 2.15. The summed E-state index contributed by atoms with van der Waals surface area (Å²) in [4.78, 5) is 17.6. The van der Waals surface area contributed by atoms with E-state index in [1.54, 1.807) is 12.4 Å². The van der Waals surface area contributed by atoms with Crippen molar-refractivity contribution in [2.24, 2.45) is 0 Å². The van der Waals surface area contributed by atoms with E-state index in [0.717, 1.165) is 44.2 Å². The van der Waals surface area contributed by atoms with Crippen LogP contribution in [0.5, 0.6) is 0 Å². The number of aryl methyl sites for hydroxylation is 1. The lowest BCUT2D eigenvalue weighted by Gasteiger charge is -2.35. The molecule has 2 aromatic rings. The summed E-state index contributed by atoms with van der Waals surface area (Å²) in [7, 11) is 0. The van der Waals surface area contributed by atoms with Gasteiger partial charge in [0.15, 0.2) is 0 Å². The van der Waals surface area contributed by atoms with Crippen LogP contribution in [0.25, 0.3) is 0 Å². The second-order valence-corrected chi connectivity index (χ2v) is 5.33. The molecule has 110 valence electrons. The van der Waals surface area contributed by atoms with Crippen molar-refractivity contribution in [3.8, 4) is 0 Å². The molecule has 3 rings (SSSR count). The van der Waals surface area contributed by atoms with Gasteiger partial charge in [0.05, 0.1) is 18.1 Å². The number of aromatic nitrogens is 3. The second-order valence-electron chi connectivity index (χ2n) is 5.33. The molecule has 0 unspecified atom stereocenters. The lowest BCUT2D eigenvalue weighted by molar-refractivity contribution is 0.246. The topological polar surface area (TPSA) is 71.2 Å². The Balaban J connectivity index is 1.59. The molecule has 2 aromatic heterocycles. The first-order valence-electron chi connectivity index (χ1n) is 7.18. The number of hydrogen-bond acceptors (Lipinski definition) is 6. The summed E-state index contributed by atoms with van der Waals surface area (Å²) in [5.41, 5.74) is 8.11. The number of piperazine rings is 1. The van der Waals surface area contributed by atoms with Crippen LogP contribution in [-0.4, -0.2) is 46.0 Å². The standard InChI is InChI=1S/C15H20N6/c1-12-3-2-4-18-13(12)11-20-5-7-21(8-6-20)15-10-17-9-14(16)19-15/h2-4,9-10H,5-8,11H2,1H3,(H2,16,19). The number of nitrogen functional groups attached to an aromatic ring is 1. The molecule has 0 spiro atoms. The Morgan fingerprint density at radius 1 is 1.19 bits per heavy atom. The first kappa shape index (κ1) is 13.8. The van der Waals surface area contributed by atoms with Gasteiger partial charge in [-0.15, -0.1) is 0 Å². The summed E-state index contributed by atoms with van der Waals surface area (Å²) in [6, 6.07) is 4.09. The van der Waals surface area contributed by atoms with E-state index < -0.39 is 0 Å². The summed E-state index contributed by atoms with van der Waals surface area (Å²) >= 11 is 0. The third-order valence-corrected chi connectivity index (χ3v) is 3.83. The van der Waals surface area contributed by atoms with Crippen LogP contribution in [0.15, 0.2) is 30.7 Å². The Labute approximate surface area is 124 Å². The van der Waals surface area contributed by atoms with Gasteiger partial charge in [-0.05, 0) is 18.6 Å². The minimum Gasteiger partial charge on any atom is -0.382 e. The molecule has 0 atom stereocenters. The number of rotatable bonds is 3. The highest BCUT2D eigenvalue weighted by atomic mass is 15.3. The highest BCUT2D eigenvalue weighted by molar-refractivity contribution is 5.41. The molecule has 21 heavy (non-hydrogen) atoms. The summed E-state index contributed by atoms with van der Waals surface area (Å²) in [6.07, 6.45) is 5.21. The van der Waals surface area contributed by atoms with Gasteiger partial charge in [-0.1, -0.05) is 6.07 Å². The van der Waals surface area contributed by atoms with Crippen molar-refractivity contribution in [3.05, 3.63) is 42.0 Å². The molecule has 1 fully saturated rings. The Morgan fingerprint density at radius 3 is 2.71 bits per heavy atom. The number of nitrogens with zero attached hydrogens (tertiary/aromatic N) is 5. The minimum absolute atomic E-state index is 0.471. The first-order valence-corrected chi connectivity index (χ1v) is 7.18. The van der Waals surface area contributed by atoms with Crippen LogP contribution in [0.3, 0.4) is 0 Å². The van der Waals surface area contributed by atoms with E-state index in [2.05, 4.69) is 37.7 Å². The van der Waals surface area contributed by atoms with Crippen LogP contribution in [0.4, 0.5) is 11.6 Å². The molecule has 6 heteroatoms. The monoisotopic (exact) mass is 284 g/mol. The maximum Gasteiger partial charge on any atom is 0.149 e. The van der Waals surface area contributed by atoms with Gasteiger partial charge in [-0.3, -0.25) is 14.9 Å². The van der Waals surface area contributed by atoms with Gasteiger partial charge < -0.3 is 10.6 Å². The van der Waals surface area contributed by atoms with E-state index in [1.165, 1.54) is 5.56 Å². The van der Waals surface area contributed by atoms with Gasteiger partial charge >= 0.3 is 0 Å². The van der Waals surface area contributed by atoms with E-state index in [-0.39, 0.29) is 0 Å². The zero-order valence-corrected chi connectivity index (χ0v) is 12.2. The SMILES string of the molecule is Cc1cccnc1CN1CCN(c2cncc(N)n2)CC1. The zero-order chi connectivity index (χ0) is 14.7. The summed E-state index contributed by atoms with van der Waals surface area (Å²) in [5, 5.41) is 0. The zero-order valence-electron chi connectivity index (χ0n) is 12.2. The van der Waals surface area contributed by atoms with E-state index in [4.69, 9.17) is 5.73 Å². The van der Waals surface area contributed by atoms with Crippen LogP contribution in [0, 0.1) is 6.92 Å². The lowest BCUT2D eigenvalue weighted by Crippen LogP contribution is -2.46. The maximum absolute atomic E-state index is 5.69. The normalized spacial score (nSPS) is 16.1. The minimum atomic E-state index is 0.471. The molecule has 3 heterocycles. The first-order chi connectivity index (χ1) is 10.2. The lowest BCUT2D eigenvalue weighted by atomic mass is 10.2. The molecular formula is C15H20N6. The van der Waals surface area contributed by atoms with Crippen LogP contribution in [-0.2, 0) is 6.54 Å². The Kier molecular flexibility index (Phi) is 3.96. The summed E-state index contributed by atoms with van der Waals surface area (Å²) in [5.74, 6) is 1.34. The predicted octanol–water partition coefficient (Wildman–Crippen LogP) is 1.08. The van der Waals surface area contributed by atoms with Crippen molar-refractivity contribution in [3.63, 3.8) is 0 Å². The van der Waals surface area contributed by atoms with E-state index in [1.807, 2.05) is 12.3 Å². The van der Waals surface area contributed by atoms with Gasteiger partial charge in [-0.25, -0.2) is 4.98 Å². The van der Waals surface area contributed by atoms with Gasteiger partial charge in [0.1, 0.15) is 11.6 Å². The van der Waals surface area contributed by atoms with Gasteiger partial charge in [-0.2, -0.15) is 0 Å². The van der Waals surface area contributed by atoms with Crippen LogP contribution in [0.1, 0.15) is 11.3 Å². The van der Waals surface area contributed by atoms with Gasteiger partial charge in [0.2, 0.25) is 0 Å². The van der Waals surface area contributed by atoms with E-state index in [0.29, 0.717) is 5.82 Å². The molecule has 0 aromatic carbocycles. The molecule has 0 bridgehead atoms. The fraction of sp³-hybridized carbons (Fsp3) is 0.400. The molecule has 0 saturated carbocycles. The number of pyridine rings is 1. The average molecular weight is 284 g/mol. The van der Waals surface area contributed by atoms with Gasteiger partial charge in [0.25, 0.3) is 0 Å². The Bertz CT molecular complexity index is 607. The molecule has 6 nitrogen and oxygen atoms in total. The fourth-order valence-corrected chi connectivity index (χ4v) is 2.55. The predicted molar refractivity (Wildman–Crippen MR) is 82.9 cm³/mol. The molecule has 0 aliphatic carbocycles. The molecular weight excluding hydrogens is 264 g/mol. The third-order valence-electron chi connectivity index (χ3n) is 3.83.